The van der Waals surface area contributed by atoms with Gasteiger partial charge in [0.1, 0.15) is 12.1 Å². The summed E-state index contributed by atoms with van der Waals surface area (Å²) >= 11 is 5.73. The largest absolute Gasteiger partial charge is 0.459 e. The van der Waals surface area contributed by atoms with E-state index in [0.29, 0.717) is 18.7 Å². The maximum Gasteiger partial charge on any atom is 0.326 e. The van der Waals surface area contributed by atoms with Gasteiger partial charge < -0.3 is 10.1 Å². The zero-order chi connectivity index (χ0) is 16.6. The minimum Gasteiger partial charge on any atom is -0.459 e. The Balaban J connectivity index is 1.68. The highest BCUT2D eigenvalue weighted by Gasteiger charge is 2.76. The molecule has 6 heteroatoms. The van der Waals surface area contributed by atoms with Crippen molar-refractivity contribution in [3.8, 4) is 0 Å². The topological polar surface area (TPSA) is 38.3 Å². The lowest BCUT2D eigenvalue weighted by atomic mass is 9.87. The molecule has 1 saturated carbocycles. The van der Waals surface area contributed by atoms with E-state index in [1.165, 1.54) is 0 Å². The summed E-state index contributed by atoms with van der Waals surface area (Å²) in [6, 6.07) is 9.32. The molecule has 2 atom stereocenters. The first-order valence-electron chi connectivity index (χ1n) is 7.83. The summed E-state index contributed by atoms with van der Waals surface area (Å²) in [5.74, 6) is -2.74. The molecule has 2 fully saturated rings. The Morgan fingerprint density at radius 2 is 1.96 bits per heavy atom. The Bertz CT molecular complexity index is 583. The monoisotopic (exact) mass is 343 g/mol. The second-order valence-electron chi connectivity index (χ2n) is 6.63. The molecule has 23 heavy (non-hydrogen) atoms. The second kappa shape index (κ2) is 6.02. The highest BCUT2D eigenvalue weighted by Crippen LogP contribution is 2.66. The van der Waals surface area contributed by atoms with Crippen LogP contribution in [0.1, 0.15) is 31.2 Å². The smallest absolute Gasteiger partial charge is 0.326 e. The number of carbonyl (C=O) groups is 1. The standard InChI is InChI=1S/C17H20ClF2NO2/c18-8-4-7-16(10-15(12-21-16)11-17(15,19)20)14(22)23-9-13-5-2-1-3-6-13/h1-3,5-6,21H,4,7-12H2/t15-,16+/m1/s1. The summed E-state index contributed by atoms with van der Waals surface area (Å²) in [6.45, 7) is 0.302. The third kappa shape index (κ3) is 3.09. The van der Waals surface area contributed by atoms with Crippen molar-refractivity contribution in [3.05, 3.63) is 35.9 Å². The van der Waals surface area contributed by atoms with E-state index in [1.807, 2.05) is 30.3 Å². The average molecular weight is 344 g/mol. The third-order valence-corrected chi connectivity index (χ3v) is 5.22. The lowest BCUT2D eigenvalue weighted by Crippen LogP contribution is -2.48. The van der Waals surface area contributed by atoms with E-state index >= 15 is 0 Å². The summed E-state index contributed by atoms with van der Waals surface area (Å²) < 4.78 is 32.7. The molecule has 126 valence electrons. The fourth-order valence-corrected chi connectivity index (χ4v) is 3.59. The number of ether oxygens (including phenoxy) is 1. The predicted molar refractivity (Wildman–Crippen MR) is 83.5 cm³/mol. The predicted octanol–water partition coefficient (Wildman–Crippen LogP) is 3.51. The van der Waals surface area contributed by atoms with Gasteiger partial charge in [-0.3, -0.25) is 4.79 Å². The molecule has 1 saturated heterocycles. The first-order chi connectivity index (χ1) is 10.9. The molecule has 1 N–H and O–H groups in total. The number of benzene rings is 1. The number of carbonyl (C=O) groups excluding carboxylic acids is 1. The van der Waals surface area contributed by atoms with Gasteiger partial charge >= 0.3 is 5.97 Å². The van der Waals surface area contributed by atoms with Crippen LogP contribution in [-0.2, 0) is 16.1 Å². The van der Waals surface area contributed by atoms with Crippen molar-refractivity contribution in [2.24, 2.45) is 5.41 Å². The maximum absolute atomic E-state index is 13.7. The van der Waals surface area contributed by atoms with E-state index in [-0.39, 0.29) is 26.0 Å². The molecule has 3 nitrogen and oxygen atoms in total. The van der Waals surface area contributed by atoms with Crippen LogP contribution in [-0.4, -0.2) is 29.9 Å². The Kier molecular flexibility index (Phi) is 4.36. The number of rotatable bonds is 6. The molecule has 0 amide bonds. The molecule has 2 aliphatic rings. The number of halogens is 3. The number of hydrogen-bond acceptors (Lipinski definition) is 3. The van der Waals surface area contributed by atoms with Crippen LogP contribution >= 0.6 is 11.6 Å². The fraction of sp³-hybridized carbons (Fsp3) is 0.588. The van der Waals surface area contributed by atoms with Gasteiger partial charge in [-0.15, -0.1) is 11.6 Å². The summed E-state index contributed by atoms with van der Waals surface area (Å²) in [7, 11) is 0. The molecular weight excluding hydrogens is 324 g/mol. The quantitative estimate of drug-likeness (QED) is 0.634. The van der Waals surface area contributed by atoms with Crippen molar-refractivity contribution >= 4 is 17.6 Å². The van der Waals surface area contributed by atoms with Gasteiger partial charge in [0.2, 0.25) is 0 Å². The van der Waals surface area contributed by atoms with E-state index in [4.69, 9.17) is 16.3 Å². The van der Waals surface area contributed by atoms with Crippen LogP contribution in [0.3, 0.4) is 0 Å². The first kappa shape index (κ1) is 16.7. The zero-order valence-electron chi connectivity index (χ0n) is 12.8. The van der Waals surface area contributed by atoms with Crippen LogP contribution in [0.4, 0.5) is 8.78 Å². The van der Waals surface area contributed by atoms with Gasteiger partial charge in [-0.05, 0) is 24.8 Å². The maximum atomic E-state index is 13.7. The Morgan fingerprint density at radius 1 is 1.26 bits per heavy atom. The molecule has 3 rings (SSSR count). The van der Waals surface area contributed by atoms with Crippen LogP contribution < -0.4 is 5.32 Å². The molecule has 1 aliphatic carbocycles. The van der Waals surface area contributed by atoms with Crippen LogP contribution in [0, 0.1) is 5.41 Å². The highest BCUT2D eigenvalue weighted by molar-refractivity contribution is 6.17. The molecule has 0 radical (unpaired) electrons. The van der Waals surface area contributed by atoms with Gasteiger partial charge in [-0.25, -0.2) is 8.78 Å². The van der Waals surface area contributed by atoms with E-state index in [0.717, 1.165) is 5.56 Å². The number of hydrogen-bond donors (Lipinski definition) is 1. The molecule has 0 bridgehead atoms. The zero-order valence-corrected chi connectivity index (χ0v) is 13.5. The number of esters is 1. The van der Waals surface area contributed by atoms with Gasteiger partial charge in [-0.2, -0.15) is 0 Å². The van der Waals surface area contributed by atoms with Crippen LogP contribution in [0.5, 0.6) is 0 Å². The SMILES string of the molecule is O=C(OCc1ccccc1)[C@]1(CCCCl)C[C@]2(CN1)CC2(F)F. The third-order valence-electron chi connectivity index (χ3n) is 4.96. The van der Waals surface area contributed by atoms with Crippen LogP contribution in [0.25, 0.3) is 0 Å². The average Bonchev–Trinajstić information content (AvgIpc) is 2.89. The molecule has 1 aromatic carbocycles. The second-order valence-corrected chi connectivity index (χ2v) is 7.01. The summed E-state index contributed by atoms with van der Waals surface area (Å²) in [5.41, 5.74) is -1.24. The van der Waals surface area contributed by atoms with Gasteiger partial charge in [0.25, 0.3) is 5.92 Å². The molecule has 0 aromatic heterocycles. The van der Waals surface area contributed by atoms with Gasteiger partial charge in [0.05, 0.1) is 5.41 Å². The van der Waals surface area contributed by atoms with E-state index in [1.54, 1.807) is 0 Å². The summed E-state index contributed by atoms with van der Waals surface area (Å²) in [6.07, 6.45) is 0.970. The number of nitrogens with one attached hydrogen (secondary N) is 1. The van der Waals surface area contributed by atoms with Crippen molar-refractivity contribution < 1.29 is 18.3 Å². The molecule has 1 spiro atoms. The van der Waals surface area contributed by atoms with E-state index < -0.39 is 22.8 Å². The first-order valence-corrected chi connectivity index (χ1v) is 8.37. The van der Waals surface area contributed by atoms with Crippen molar-refractivity contribution in [2.75, 3.05) is 12.4 Å². The Labute approximate surface area is 139 Å². The van der Waals surface area contributed by atoms with E-state index in [9.17, 15) is 13.6 Å². The van der Waals surface area contributed by atoms with Crippen molar-refractivity contribution in [2.45, 2.75) is 43.8 Å². The summed E-state index contributed by atoms with van der Waals surface area (Å²) in [4.78, 5) is 12.6. The van der Waals surface area contributed by atoms with Crippen molar-refractivity contribution in [1.82, 2.24) is 5.32 Å². The van der Waals surface area contributed by atoms with Gasteiger partial charge in [-0.1, -0.05) is 30.3 Å². The van der Waals surface area contributed by atoms with Crippen molar-refractivity contribution in [3.63, 3.8) is 0 Å². The normalized spacial score (nSPS) is 31.3. The van der Waals surface area contributed by atoms with Gasteiger partial charge in [0, 0.05) is 18.8 Å². The van der Waals surface area contributed by atoms with Gasteiger partial charge in [0.15, 0.2) is 0 Å². The molecular formula is C17H20ClF2NO2. The molecule has 1 aliphatic heterocycles. The highest BCUT2D eigenvalue weighted by atomic mass is 35.5. The number of alkyl halides is 3. The minimum absolute atomic E-state index is 0.123. The van der Waals surface area contributed by atoms with Crippen LogP contribution in [0.15, 0.2) is 30.3 Å². The molecule has 1 heterocycles. The lowest BCUT2D eigenvalue weighted by Gasteiger charge is -2.27. The molecule has 1 aromatic rings. The Hall–Kier alpha value is -1.20. The van der Waals surface area contributed by atoms with Crippen molar-refractivity contribution in [1.29, 1.82) is 0 Å². The lowest BCUT2D eigenvalue weighted by molar-refractivity contribution is -0.153. The van der Waals surface area contributed by atoms with E-state index in [2.05, 4.69) is 5.32 Å². The fourth-order valence-electron chi connectivity index (χ4n) is 3.46. The van der Waals surface area contributed by atoms with Crippen LogP contribution in [0.2, 0.25) is 0 Å². The minimum atomic E-state index is -2.68. The summed E-state index contributed by atoms with van der Waals surface area (Å²) in [5, 5.41) is 3.04. The Morgan fingerprint density at radius 3 is 2.52 bits per heavy atom. The molecule has 0 unspecified atom stereocenters.